The third-order valence-electron chi connectivity index (χ3n) is 4.17. The van der Waals surface area contributed by atoms with E-state index in [2.05, 4.69) is 29.1 Å². The van der Waals surface area contributed by atoms with Crippen LogP contribution in [0.25, 0.3) is 4.96 Å². The van der Waals surface area contributed by atoms with Gasteiger partial charge in [0.05, 0.1) is 5.54 Å². The average Bonchev–Trinajstić information content (AvgIpc) is 2.88. The second-order valence-electron chi connectivity index (χ2n) is 5.15. The molecular formula is C12H19N5S. The molecule has 0 saturated heterocycles. The Morgan fingerprint density at radius 1 is 1.33 bits per heavy atom. The van der Waals surface area contributed by atoms with Crippen LogP contribution < -0.4 is 5.73 Å². The van der Waals surface area contributed by atoms with Crippen LogP contribution in [0, 0.1) is 0 Å². The molecule has 1 fully saturated rings. The molecule has 2 N–H and O–H groups in total. The second kappa shape index (κ2) is 4.28. The summed E-state index contributed by atoms with van der Waals surface area (Å²) in [5.41, 5.74) is 6.08. The molecule has 3 rings (SSSR count). The minimum absolute atomic E-state index is 0.317. The number of nitrogens with two attached hydrogens (primary N) is 1. The topological polar surface area (TPSA) is 69.1 Å². The monoisotopic (exact) mass is 265 g/mol. The Balaban J connectivity index is 2.03. The Kier molecular flexibility index (Phi) is 2.86. The molecule has 18 heavy (non-hydrogen) atoms. The highest BCUT2D eigenvalue weighted by atomic mass is 32.1. The van der Waals surface area contributed by atoms with Gasteiger partial charge in [-0.3, -0.25) is 0 Å². The first-order chi connectivity index (χ1) is 8.68. The van der Waals surface area contributed by atoms with Gasteiger partial charge in [-0.1, -0.05) is 31.6 Å². The van der Waals surface area contributed by atoms with Gasteiger partial charge in [-0.15, -0.1) is 10.2 Å². The fourth-order valence-corrected chi connectivity index (χ4v) is 3.40. The summed E-state index contributed by atoms with van der Waals surface area (Å²) in [5, 5.41) is 14.2. The predicted molar refractivity (Wildman–Crippen MR) is 71.7 cm³/mol. The van der Waals surface area contributed by atoms with Crippen molar-refractivity contribution in [1.29, 1.82) is 0 Å². The van der Waals surface area contributed by atoms with Gasteiger partial charge >= 0.3 is 0 Å². The molecule has 1 saturated carbocycles. The maximum atomic E-state index is 6.40. The second-order valence-corrected chi connectivity index (χ2v) is 6.11. The number of hydrogen-bond donors (Lipinski definition) is 1. The van der Waals surface area contributed by atoms with Gasteiger partial charge in [0.25, 0.3) is 0 Å². The van der Waals surface area contributed by atoms with Gasteiger partial charge in [-0.05, 0) is 25.7 Å². The molecule has 0 aromatic carbocycles. The molecule has 6 heteroatoms. The summed E-state index contributed by atoms with van der Waals surface area (Å²) in [7, 11) is 0. The van der Waals surface area contributed by atoms with Gasteiger partial charge in [0.1, 0.15) is 5.01 Å². The minimum Gasteiger partial charge on any atom is -0.319 e. The molecule has 0 amide bonds. The van der Waals surface area contributed by atoms with E-state index in [0.717, 1.165) is 28.6 Å². The lowest BCUT2D eigenvalue weighted by molar-refractivity contribution is 0.386. The van der Waals surface area contributed by atoms with Crippen molar-refractivity contribution in [2.75, 3.05) is 0 Å². The van der Waals surface area contributed by atoms with Gasteiger partial charge in [0.15, 0.2) is 5.82 Å². The van der Waals surface area contributed by atoms with E-state index in [9.17, 15) is 0 Å². The number of hydrogen-bond acceptors (Lipinski definition) is 5. The molecule has 1 aliphatic rings. The van der Waals surface area contributed by atoms with Crippen LogP contribution in [0.1, 0.15) is 62.7 Å². The highest BCUT2D eigenvalue weighted by Gasteiger charge is 2.31. The number of aromatic nitrogens is 4. The molecule has 1 aliphatic carbocycles. The molecule has 0 unspecified atom stereocenters. The van der Waals surface area contributed by atoms with Crippen LogP contribution in [0.5, 0.6) is 0 Å². The van der Waals surface area contributed by atoms with Gasteiger partial charge in [-0.2, -0.15) is 9.61 Å². The van der Waals surface area contributed by atoms with Gasteiger partial charge in [-0.25, -0.2) is 0 Å². The molecule has 2 heterocycles. The first-order valence-electron chi connectivity index (χ1n) is 6.69. The van der Waals surface area contributed by atoms with E-state index in [0.29, 0.717) is 5.92 Å². The molecule has 0 spiro atoms. The van der Waals surface area contributed by atoms with E-state index in [-0.39, 0.29) is 5.54 Å². The summed E-state index contributed by atoms with van der Waals surface area (Å²) in [6.45, 7) is 4.22. The van der Waals surface area contributed by atoms with E-state index in [1.807, 2.05) is 4.52 Å². The van der Waals surface area contributed by atoms with Crippen molar-refractivity contribution in [3.8, 4) is 0 Å². The van der Waals surface area contributed by atoms with Gasteiger partial charge < -0.3 is 5.73 Å². The molecule has 2 aromatic heterocycles. The lowest BCUT2D eigenvalue weighted by atomic mass is 9.85. The van der Waals surface area contributed by atoms with Crippen LogP contribution in [0.4, 0.5) is 0 Å². The van der Waals surface area contributed by atoms with E-state index in [4.69, 9.17) is 5.73 Å². The van der Waals surface area contributed by atoms with Crippen molar-refractivity contribution in [3.63, 3.8) is 0 Å². The van der Waals surface area contributed by atoms with E-state index >= 15 is 0 Å². The molecule has 98 valence electrons. The van der Waals surface area contributed by atoms with Crippen molar-refractivity contribution >= 4 is 16.3 Å². The smallest absolute Gasteiger partial charge is 0.234 e. The summed E-state index contributed by atoms with van der Waals surface area (Å²) < 4.78 is 1.91. The average molecular weight is 265 g/mol. The standard InChI is InChI=1S/C12H19N5S/c1-3-12(13,4-2)10-16-17-9(8-6-5-7-8)14-15-11(17)18-10/h8H,3-7,13H2,1-2H3. The van der Waals surface area contributed by atoms with Crippen LogP contribution in [-0.4, -0.2) is 19.8 Å². The maximum absolute atomic E-state index is 6.40. The van der Waals surface area contributed by atoms with E-state index in [1.54, 1.807) is 11.3 Å². The van der Waals surface area contributed by atoms with E-state index in [1.165, 1.54) is 19.3 Å². The minimum atomic E-state index is -0.317. The normalized spacial score (nSPS) is 17.3. The third-order valence-corrected chi connectivity index (χ3v) is 5.29. The quantitative estimate of drug-likeness (QED) is 0.921. The molecule has 2 aromatic rings. The molecular weight excluding hydrogens is 246 g/mol. The Morgan fingerprint density at radius 3 is 2.61 bits per heavy atom. The molecule has 5 nitrogen and oxygen atoms in total. The van der Waals surface area contributed by atoms with Crippen molar-refractivity contribution in [2.24, 2.45) is 5.73 Å². The van der Waals surface area contributed by atoms with E-state index < -0.39 is 0 Å². The maximum Gasteiger partial charge on any atom is 0.234 e. The van der Waals surface area contributed by atoms with Crippen molar-refractivity contribution < 1.29 is 0 Å². The van der Waals surface area contributed by atoms with Crippen LogP contribution in [0.15, 0.2) is 0 Å². The molecule has 0 atom stereocenters. The number of nitrogens with zero attached hydrogens (tertiary/aromatic N) is 4. The first kappa shape index (κ1) is 12.0. The molecule has 0 aliphatic heterocycles. The number of fused-ring (bicyclic) bond motifs is 1. The Hall–Kier alpha value is -1.01. The number of rotatable bonds is 4. The lowest BCUT2D eigenvalue weighted by Crippen LogP contribution is -2.35. The summed E-state index contributed by atoms with van der Waals surface area (Å²) in [6.07, 6.45) is 5.51. The van der Waals surface area contributed by atoms with Crippen molar-refractivity contribution in [2.45, 2.75) is 57.4 Å². The molecule has 0 bridgehead atoms. The highest BCUT2D eigenvalue weighted by molar-refractivity contribution is 7.16. The van der Waals surface area contributed by atoms with Gasteiger partial charge in [0.2, 0.25) is 4.96 Å². The fraction of sp³-hybridized carbons (Fsp3) is 0.750. The van der Waals surface area contributed by atoms with Crippen LogP contribution in [0.2, 0.25) is 0 Å². The first-order valence-corrected chi connectivity index (χ1v) is 7.51. The summed E-state index contributed by atoms with van der Waals surface area (Å²) in [5.74, 6) is 1.57. The Morgan fingerprint density at radius 2 is 2.06 bits per heavy atom. The zero-order valence-electron chi connectivity index (χ0n) is 10.9. The van der Waals surface area contributed by atoms with Crippen molar-refractivity contribution in [1.82, 2.24) is 19.8 Å². The van der Waals surface area contributed by atoms with Crippen LogP contribution >= 0.6 is 11.3 Å². The SMILES string of the molecule is CCC(N)(CC)c1nn2c(C3CCC3)nnc2s1. The Labute approximate surface area is 110 Å². The highest BCUT2D eigenvalue weighted by Crippen LogP contribution is 2.37. The van der Waals surface area contributed by atoms with Gasteiger partial charge in [0, 0.05) is 5.92 Å². The predicted octanol–water partition coefficient (Wildman–Crippen LogP) is 2.43. The lowest BCUT2D eigenvalue weighted by Gasteiger charge is -2.24. The summed E-state index contributed by atoms with van der Waals surface area (Å²) >= 11 is 1.58. The summed E-state index contributed by atoms with van der Waals surface area (Å²) in [4.78, 5) is 0.878. The van der Waals surface area contributed by atoms with Crippen molar-refractivity contribution in [3.05, 3.63) is 10.8 Å². The zero-order chi connectivity index (χ0) is 12.8. The fourth-order valence-electron chi connectivity index (χ4n) is 2.31. The van der Waals surface area contributed by atoms with Crippen LogP contribution in [-0.2, 0) is 5.54 Å². The van der Waals surface area contributed by atoms with Crippen LogP contribution in [0.3, 0.4) is 0 Å². The largest absolute Gasteiger partial charge is 0.319 e. The zero-order valence-corrected chi connectivity index (χ0v) is 11.7. The summed E-state index contributed by atoms with van der Waals surface area (Å²) in [6, 6.07) is 0. The Bertz CT molecular complexity index is 550. The molecule has 0 radical (unpaired) electrons. The third kappa shape index (κ3) is 1.66.